The number of anilines is 1. The van der Waals surface area contributed by atoms with Gasteiger partial charge in [0.15, 0.2) is 0 Å². The highest BCUT2D eigenvalue weighted by molar-refractivity contribution is 5.90. The van der Waals surface area contributed by atoms with Gasteiger partial charge in [-0.3, -0.25) is 0 Å². The largest absolute Gasteiger partial charge is 0.362 e. The maximum atomic E-state index is 4.04. The molecule has 5 aromatic rings. The van der Waals surface area contributed by atoms with E-state index < -0.39 is 0 Å². The Morgan fingerprint density at radius 2 is 1.43 bits per heavy atom. The van der Waals surface area contributed by atoms with Gasteiger partial charge in [0.25, 0.3) is 0 Å². The van der Waals surface area contributed by atoms with Crippen LogP contribution in [0.5, 0.6) is 0 Å². The smallest absolute Gasteiger partial charge is 0.0386 e. The number of benzene rings is 5. The molecular weight excluding hydrogens is 555 g/mol. The fourth-order valence-electron chi connectivity index (χ4n) is 6.26. The third-order valence-electron chi connectivity index (χ3n) is 8.89. The van der Waals surface area contributed by atoms with Gasteiger partial charge < -0.3 is 5.32 Å². The van der Waals surface area contributed by atoms with Crippen LogP contribution in [-0.4, -0.2) is 0 Å². The van der Waals surface area contributed by atoms with Crippen molar-refractivity contribution in [2.45, 2.75) is 33.6 Å². The molecule has 1 N–H and O–H groups in total. The Hall–Kier alpha value is -5.40. The number of hydrogen-bond donors (Lipinski definition) is 1. The van der Waals surface area contributed by atoms with Crippen molar-refractivity contribution < 1.29 is 0 Å². The average molecular weight is 596 g/mol. The summed E-state index contributed by atoms with van der Waals surface area (Å²) in [6.07, 6.45) is 18.8. The highest BCUT2D eigenvalue weighted by atomic mass is 14.8. The minimum Gasteiger partial charge on any atom is -0.362 e. The molecule has 1 aliphatic carbocycles. The van der Waals surface area contributed by atoms with Crippen LogP contribution in [-0.2, 0) is 0 Å². The average Bonchev–Trinajstić information content (AvgIpc) is 3.08. The van der Waals surface area contributed by atoms with Gasteiger partial charge in [0.2, 0.25) is 0 Å². The molecule has 0 fully saturated rings. The van der Waals surface area contributed by atoms with Crippen molar-refractivity contribution in [3.63, 3.8) is 0 Å². The lowest BCUT2D eigenvalue weighted by Gasteiger charge is -2.21. The summed E-state index contributed by atoms with van der Waals surface area (Å²) in [4.78, 5) is 0. The molecule has 0 amide bonds. The quantitative estimate of drug-likeness (QED) is 0.167. The molecule has 0 aromatic heterocycles. The van der Waals surface area contributed by atoms with E-state index in [0.29, 0.717) is 0 Å². The summed E-state index contributed by atoms with van der Waals surface area (Å²) in [5, 5.41) is 5.84. The van der Waals surface area contributed by atoms with E-state index in [-0.39, 0.29) is 0 Å². The van der Waals surface area contributed by atoms with Crippen molar-refractivity contribution in [2.24, 2.45) is 0 Å². The molecular formula is C45H41N. The van der Waals surface area contributed by atoms with E-state index in [2.05, 4.69) is 160 Å². The number of hydrogen-bond acceptors (Lipinski definition) is 1. The van der Waals surface area contributed by atoms with Gasteiger partial charge in [0.1, 0.15) is 0 Å². The molecule has 0 bridgehead atoms. The van der Waals surface area contributed by atoms with Gasteiger partial charge in [-0.1, -0.05) is 134 Å². The van der Waals surface area contributed by atoms with E-state index in [1.54, 1.807) is 0 Å². The van der Waals surface area contributed by atoms with E-state index >= 15 is 0 Å². The van der Waals surface area contributed by atoms with Crippen molar-refractivity contribution in [3.8, 4) is 11.1 Å². The van der Waals surface area contributed by atoms with E-state index in [4.69, 9.17) is 0 Å². The van der Waals surface area contributed by atoms with Crippen molar-refractivity contribution >= 4 is 39.8 Å². The van der Waals surface area contributed by atoms with E-state index in [9.17, 15) is 0 Å². The van der Waals surface area contributed by atoms with E-state index in [0.717, 1.165) is 18.5 Å². The number of allylic oxidation sites excluding steroid dienone is 8. The minimum absolute atomic E-state index is 1.05. The summed E-state index contributed by atoms with van der Waals surface area (Å²) in [5.41, 5.74) is 15.4. The molecule has 1 nitrogen and oxygen atoms in total. The van der Waals surface area contributed by atoms with Gasteiger partial charge in [-0.15, -0.1) is 0 Å². The molecule has 0 saturated carbocycles. The molecule has 1 heteroatoms. The lowest BCUT2D eigenvalue weighted by Crippen LogP contribution is -2.00. The van der Waals surface area contributed by atoms with Gasteiger partial charge in [-0.2, -0.15) is 0 Å². The second-order valence-corrected chi connectivity index (χ2v) is 12.1. The summed E-state index contributed by atoms with van der Waals surface area (Å²) in [6.45, 7) is 10.7. The topological polar surface area (TPSA) is 12.0 Å². The van der Waals surface area contributed by atoms with Crippen molar-refractivity contribution in [1.29, 1.82) is 0 Å². The molecule has 0 radical (unpaired) electrons. The maximum Gasteiger partial charge on any atom is 0.0386 e. The predicted molar refractivity (Wildman–Crippen MR) is 203 cm³/mol. The first kappa shape index (κ1) is 30.6. The predicted octanol–water partition coefficient (Wildman–Crippen LogP) is 12.6. The first-order chi connectivity index (χ1) is 22.5. The van der Waals surface area contributed by atoms with Crippen molar-refractivity contribution in [1.82, 2.24) is 0 Å². The Labute approximate surface area is 274 Å². The Kier molecular flexibility index (Phi) is 9.41. The summed E-state index contributed by atoms with van der Waals surface area (Å²) < 4.78 is 0. The van der Waals surface area contributed by atoms with Crippen LogP contribution in [0.15, 0.2) is 152 Å². The minimum atomic E-state index is 1.05. The number of fused-ring (bicyclic) bond motifs is 1. The maximum absolute atomic E-state index is 4.04. The molecule has 0 atom stereocenters. The standard InChI is InChI=1S/C45H41N/c1-5-36-15-11-12-18-43(36)45-31-40(23-20-33(45)3)39-22-19-32(2)44(30-39)42-26-21-35(28-34(42)4)14-8-6-7-13-27-46-41-25-24-37-16-9-10-17-38(37)29-41/h5-18,20-21,23-31,46H,1,19,22H2,2-4H3/b7-6-,14-8-,27-13+. The van der Waals surface area contributed by atoms with E-state index in [1.807, 2.05) is 24.4 Å². The zero-order chi connectivity index (χ0) is 31.9. The fraction of sp³-hybridized carbons (Fsp3) is 0.111. The second kappa shape index (κ2) is 14.1. The van der Waals surface area contributed by atoms with Crippen molar-refractivity contribution in [3.05, 3.63) is 185 Å². The summed E-state index contributed by atoms with van der Waals surface area (Å²) in [6, 6.07) is 37.0. The van der Waals surface area contributed by atoms with Gasteiger partial charge in [0, 0.05) is 11.9 Å². The second-order valence-electron chi connectivity index (χ2n) is 12.1. The SMILES string of the molecule is C=Cc1ccccc1-c1cc(C2=CC(c3ccc(\C=C/C=C\C=C\Nc4ccc5ccccc5c4)cc3C)=C(C)CC2)ccc1C. The monoisotopic (exact) mass is 595 g/mol. The summed E-state index contributed by atoms with van der Waals surface area (Å²) in [5.74, 6) is 0. The number of rotatable bonds is 9. The Morgan fingerprint density at radius 3 is 2.28 bits per heavy atom. The molecule has 0 spiro atoms. The Balaban J connectivity index is 1.14. The van der Waals surface area contributed by atoms with Crippen molar-refractivity contribution in [2.75, 3.05) is 5.32 Å². The molecule has 0 saturated heterocycles. The summed E-state index contributed by atoms with van der Waals surface area (Å²) >= 11 is 0. The van der Waals surface area contributed by atoms with Crippen LogP contribution in [0.25, 0.3) is 45.2 Å². The molecule has 0 aliphatic heterocycles. The fourth-order valence-corrected chi connectivity index (χ4v) is 6.26. The first-order valence-electron chi connectivity index (χ1n) is 16.1. The van der Waals surface area contributed by atoms with Crippen LogP contribution in [0, 0.1) is 13.8 Å². The van der Waals surface area contributed by atoms with Crippen LogP contribution < -0.4 is 5.32 Å². The van der Waals surface area contributed by atoms with Gasteiger partial charge >= 0.3 is 0 Å². The molecule has 0 unspecified atom stereocenters. The van der Waals surface area contributed by atoms with Crippen LogP contribution in [0.3, 0.4) is 0 Å². The van der Waals surface area contributed by atoms with E-state index in [1.165, 1.54) is 72.0 Å². The third-order valence-corrected chi connectivity index (χ3v) is 8.89. The molecule has 5 aromatic carbocycles. The Bertz CT molecular complexity index is 2060. The van der Waals surface area contributed by atoms with Gasteiger partial charge in [-0.25, -0.2) is 0 Å². The highest BCUT2D eigenvalue weighted by Gasteiger charge is 2.16. The highest BCUT2D eigenvalue weighted by Crippen LogP contribution is 2.38. The zero-order valence-electron chi connectivity index (χ0n) is 27.1. The van der Waals surface area contributed by atoms with Gasteiger partial charge in [0.05, 0.1) is 0 Å². The van der Waals surface area contributed by atoms with Crippen LogP contribution in [0.1, 0.15) is 53.1 Å². The summed E-state index contributed by atoms with van der Waals surface area (Å²) in [7, 11) is 0. The lowest BCUT2D eigenvalue weighted by atomic mass is 9.83. The molecule has 226 valence electrons. The zero-order valence-corrected chi connectivity index (χ0v) is 27.1. The first-order valence-corrected chi connectivity index (χ1v) is 16.1. The van der Waals surface area contributed by atoms with Gasteiger partial charge in [-0.05, 0) is 124 Å². The van der Waals surface area contributed by atoms with Crippen LogP contribution in [0.4, 0.5) is 5.69 Å². The number of aryl methyl sites for hydroxylation is 2. The van der Waals surface area contributed by atoms with Crippen LogP contribution >= 0.6 is 0 Å². The normalized spacial score (nSPS) is 13.7. The number of nitrogens with one attached hydrogen (secondary N) is 1. The lowest BCUT2D eigenvalue weighted by molar-refractivity contribution is 0.982. The Morgan fingerprint density at radius 1 is 0.630 bits per heavy atom. The van der Waals surface area contributed by atoms with Crippen LogP contribution in [0.2, 0.25) is 0 Å². The molecule has 1 aliphatic rings. The molecule has 0 heterocycles. The molecule has 6 rings (SSSR count). The third kappa shape index (κ3) is 6.95. The molecule has 46 heavy (non-hydrogen) atoms.